The van der Waals surface area contributed by atoms with Crippen molar-refractivity contribution in [2.45, 2.75) is 45.2 Å². The van der Waals surface area contributed by atoms with Gasteiger partial charge in [-0.2, -0.15) is 0 Å². The first-order chi connectivity index (χ1) is 9.65. The van der Waals surface area contributed by atoms with Crippen molar-refractivity contribution in [1.29, 1.82) is 0 Å². The minimum atomic E-state index is 0.0659. The minimum Gasteiger partial charge on any atom is -0.484 e. The van der Waals surface area contributed by atoms with Gasteiger partial charge in [-0.15, -0.1) is 0 Å². The highest BCUT2D eigenvalue weighted by Crippen LogP contribution is 2.26. The van der Waals surface area contributed by atoms with Crippen molar-refractivity contribution in [2.24, 2.45) is 5.73 Å². The summed E-state index contributed by atoms with van der Waals surface area (Å²) >= 11 is 0. The Labute approximate surface area is 120 Å². The summed E-state index contributed by atoms with van der Waals surface area (Å²) in [4.78, 5) is 13.9. The van der Waals surface area contributed by atoms with Gasteiger partial charge in [0.1, 0.15) is 5.75 Å². The van der Waals surface area contributed by atoms with E-state index in [4.69, 9.17) is 10.5 Å². The van der Waals surface area contributed by atoms with E-state index in [9.17, 15) is 4.79 Å². The molecule has 0 aliphatic heterocycles. The number of ether oxygens (including phenoxy) is 1. The summed E-state index contributed by atoms with van der Waals surface area (Å²) < 4.78 is 5.56. The van der Waals surface area contributed by atoms with Crippen LogP contribution in [0.4, 0.5) is 0 Å². The number of nitrogens with zero attached hydrogens (tertiary/aromatic N) is 1. The molecule has 0 spiro atoms. The first-order valence-electron chi connectivity index (χ1n) is 7.43. The highest BCUT2D eigenvalue weighted by atomic mass is 16.5. The van der Waals surface area contributed by atoms with Gasteiger partial charge in [-0.05, 0) is 43.9 Å². The summed E-state index contributed by atoms with van der Waals surface area (Å²) in [6.45, 7) is 4.95. The van der Waals surface area contributed by atoms with E-state index in [2.05, 4.69) is 6.92 Å². The lowest BCUT2D eigenvalue weighted by Gasteiger charge is -2.20. The predicted octanol–water partition coefficient (Wildman–Crippen LogP) is 2.49. The Balaban J connectivity index is 1.85. The molecular weight excluding hydrogens is 252 g/mol. The molecule has 1 aromatic rings. The molecule has 1 unspecified atom stereocenters. The van der Waals surface area contributed by atoms with E-state index in [1.807, 2.05) is 36.1 Å². The molecule has 1 fully saturated rings. The van der Waals surface area contributed by atoms with Crippen LogP contribution in [0.25, 0.3) is 0 Å². The molecule has 0 bridgehead atoms. The lowest BCUT2D eigenvalue weighted by atomic mass is 10.1. The van der Waals surface area contributed by atoms with Crippen LogP contribution in [0.1, 0.15) is 44.7 Å². The normalized spacial score (nSPS) is 15.8. The number of hydrogen-bond donors (Lipinski definition) is 1. The Morgan fingerprint density at radius 1 is 1.35 bits per heavy atom. The van der Waals surface area contributed by atoms with E-state index in [0.29, 0.717) is 6.04 Å². The number of carbonyl (C=O) groups excluding carboxylic acids is 1. The SMILES string of the molecule is CCC(N)c1ccc(OCC(=O)N(CC)C2CC2)cc1. The fourth-order valence-electron chi connectivity index (χ4n) is 2.30. The summed E-state index contributed by atoms with van der Waals surface area (Å²) in [5.74, 6) is 0.793. The lowest BCUT2D eigenvalue weighted by Crippen LogP contribution is -2.36. The number of carbonyl (C=O) groups is 1. The van der Waals surface area contributed by atoms with Crippen LogP contribution in [-0.2, 0) is 4.79 Å². The molecule has 2 N–H and O–H groups in total. The molecule has 110 valence electrons. The number of likely N-dealkylation sites (N-methyl/N-ethyl adjacent to an activating group) is 1. The van der Waals surface area contributed by atoms with Crippen molar-refractivity contribution >= 4 is 5.91 Å². The van der Waals surface area contributed by atoms with Gasteiger partial charge in [0.05, 0.1) is 0 Å². The van der Waals surface area contributed by atoms with Crippen molar-refractivity contribution in [3.63, 3.8) is 0 Å². The van der Waals surface area contributed by atoms with E-state index < -0.39 is 0 Å². The monoisotopic (exact) mass is 276 g/mol. The summed E-state index contributed by atoms with van der Waals surface area (Å²) in [6, 6.07) is 8.20. The topological polar surface area (TPSA) is 55.6 Å². The van der Waals surface area contributed by atoms with E-state index in [-0.39, 0.29) is 18.6 Å². The Kier molecular flexibility index (Phi) is 5.01. The van der Waals surface area contributed by atoms with Gasteiger partial charge < -0.3 is 15.4 Å². The molecule has 0 heterocycles. The van der Waals surface area contributed by atoms with Gasteiger partial charge in [0.25, 0.3) is 5.91 Å². The third-order valence-corrected chi connectivity index (χ3v) is 3.76. The molecule has 1 aromatic carbocycles. The molecule has 1 saturated carbocycles. The van der Waals surface area contributed by atoms with Crippen LogP contribution in [0.2, 0.25) is 0 Å². The lowest BCUT2D eigenvalue weighted by molar-refractivity contribution is -0.133. The van der Waals surface area contributed by atoms with Crippen molar-refractivity contribution < 1.29 is 9.53 Å². The molecule has 4 nitrogen and oxygen atoms in total. The fraction of sp³-hybridized carbons (Fsp3) is 0.562. The summed E-state index contributed by atoms with van der Waals surface area (Å²) in [7, 11) is 0. The van der Waals surface area contributed by atoms with Gasteiger partial charge in [0.15, 0.2) is 6.61 Å². The molecule has 0 aromatic heterocycles. The van der Waals surface area contributed by atoms with Gasteiger partial charge in [0.2, 0.25) is 0 Å². The van der Waals surface area contributed by atoms with E-state index in [1.165, 1.54) is 0 Å². The van der Waals surface area contributed by atoms with Crippen molar-refractivity contribution in [2.75, 3.05) is 13.2 Å². The van der Waals surface area contributed by atoms with E-state index in [1.54, 1.807) is 0 Å². The zero-order valence-electron chi connectivity index (χ0n) is 12.3. The third-order valence-electron chi connectivity index (χ3n) is 3.76. The Morgan fingerprint density at radius 2 is 2.00 bits per heavy atom. The number of benzene rings is 1. The maximum Gasteiger partial charge on any atom is 0.260 e. The fourth-order valence-corrected chi connectivity index (χ4v) is 2.30. The average molecular weight is 276 g/mol. The van der Waals surface area contributed by atoms with Gasteiger partial charge in [-0.1, -0.05) is 19.1 Å². The summed E-state index contributed by atoms with van der Waals surface area (Å²) in [6.07, 6.45) is 3.16. The molecule has 0 saturated heterocycles. The van der Waals surface area contributed by atoms with Crippen LogP contribution in [-0.4, -0.2) is 30.0 Å². The molecule has 1 amide bonds. The number of amides is 1. The quantitative estimate of drug-likeness (QED) is 0.832. The predicted molar refractivity (Wildman–Crippen MR) is 79.6 cm³/mol. The van der Waals surface area contributed by atoms with Gasteiger partial charge in [-0.25, -0.2) is 0 Å². The molecular formula is C16H24N2O2. The second-order valence-corrected chi connectivity index (χ2v) is 5.28. The standard InChI is InChI=1S/C16H24N2O2/c1-3-15(17)12-5-9-14(10-6-12)20-11-16(19)18(4-2)13-7-8-13/h5-6,9-10,13,15H,3-4,7-8,11,17H2,1-2H3. The van der Waals surface area contributed by atoms with Crippen LogP contribution in [0.3, 0.4) is 0 Å². The zero-order chi connectivity index (χ0) is 14.5. The van der Waals surface area contributed by atoms with E-state index >= 15 is 0 Å². The zero-order valence-corrected chi connectivity index (χ0v) is 12.3. The Morgan fingerprint density at radius 3 is 2.50 bits per heavy atom. The average Bonchev–Trinajstić information content (AvgIpc) is 3.30. The smallest absolute Gasteiger partial charge is 0.260 e. The number of nitrogens with two attached hydrogens (primary N) is 1. The minimum absolute atomic E-state index is 0.0659. The summed E-state index contributed by atoms with van der Waals surface area (Å²) in [5, 5.41) is 0. The third kappa shape index (κ3) is 3.73. The van der Waals surface area contributed by atoms with Crippen LogP contribution in [0, 0.1) is 0 Å². The maximum atomic E-state index is 12.0. The van der Waals surface area contributed by atoms with Crippen LogP contribution in [0.5, 0.6) is 5.75 Å². The molecule has 1 aliphatic carbocycles. The van der Waals surface area contributed by atoms with Crippen molar-refractivity contribution in [3.8, 4) is 5.75 Å². The molecule has 1 atom stereocenters. The largest absolute Gasteiger partial charge is 0.484 e. The van der Waals surface area contributed by atoms with Crippen molar-refractivity contribution in [1.82, 2.24) is 4.90 Å². The Hall–Kier alpha value is -1.55. The summed E-state index contributed by atoms with van der Waals surface area (Å²) in [5.41, 5.74) is 7.06. The molecule has 4 heteroatoms. The Bertz CT molecular complexity index is 440. The second kappa shape index (κ2) is 6.75. The van der Waals surface area contributed by atoms with Gasteiger partial charge >= 0.3 is 0 Å². The van der Waals surface area contributed by atoms with Gasteiger partial charge in [0, 0.05) is 18.6 Å². The van der Waals surface area contributed by atoms with Crippen LogP contribution < -0.4 is 10.5 Å². The van der Waals surface area contributed by atoms with Crippen LogP contribution in [0.15, 0.2) is 24.3 Å². The molecule has 20 heavy (non-hydrogen) atoms. The van der Waals surface area contributed by atoms with Gasteiger partial charge in [-0.3, -0.25) is 4.79 Å². The van der Waals surface area contributed by atoms with E-state index in [0.717, 1.165) is 37.1 Å². The molecule has 2 rings (SSSR count). The number of hydrogen-bond acceptors (Lipinski definition) is 3. The first-order valence-corrected chi connectivity index (χ1v) is 7.43. The second-order valence-electron chi connectivity index (χ2n) is 5.28. The molecule has 0 radical (unpaired) electrons. The number of rotatable bonds is 7. The van der Waals surface area contributed by atoms with Crippen LogP contribution >= 0.6 is 0 Å². The maximum absolute atomic E-state index is 12.0. The van der Waals surface area contributed by atoms with Crippen molar-refractivity contribution in [3.05, 3.63) is 29.8 Å². The first kappa shape index (κ1) is 14.9. The molecule has 1 aliphatic rings. The highest BCUT2D eigenvalue weighted by molar-refractivity contribution is 5.78. The highest BCUT2D eigenvalue weighted by Gasteiger charge is 2.31.